The van der Waals surface area contributed by atoms with Gasteiger partial charge in [0.05, 0.1) is 0 Å². The lowest BCUT2D eigenvalue weighted by Gasteiger charge is -2.25. The zero-order valence-corrected chi connectivity index (χ0v) is 12.9. The molecule has 0 aliphatic heterocycles. The van der Waals surface area contributed by atoms with Crippen molar-refractivity contribution in [1.29, 1.82) is 0 Å². The second kappa shape index (κ2) is 5.74. The van der Waals surface area contributed by atoms with E-state index in [0.29, 0.717) is 6.54 Å². The van der Waals surface area contributed by atoms with Gasteiger partial charge < -0.3 is 10.0 Å². The van der Waals surface area contributed by atoms with Gasteiger partial charge in [0.2, 0.25) is 0 Å². The van der Waals surface area contributed by atoms with Gasteiger partial charge in [-0.3, -0.25) is 4.79 Å². The van der Waals surface area contributed by atoms with E-state index < -0.39 is 5.60 Å². The van der Waals surface area contributed by atoms with Gasteiger partial charge in [-0.1, -0.05) is 17.7 Å². The van der Waals surface area contributed by atoms with Crippen LogP contribution in [0.3, 0.4) is 0 Å². The fraction of sp³-hybridized carbons (Fsp3) is 0.562. The minimum Gasteiger partial charge on any atom is -0.381 e. The monoisotopic (exact) mass is 263 g/mol. The van der Waals surface area contributed by atoms with Crippen LogP contribution in [0, 0.1) is 20.8 Å². The average Bonchev–Trinajstić information content (AvgIpc) is 2.24. The number of carbonyl (C=O) groups is 1. The molecule has 0 saturated carbocycles. The van der Waals surface area contributed by atoms with Crippen molar-refractivity contribution in [2.24, 2.45) is 0 Å². The molecule has 0 radical (unpaired) electrons. The van der Waals surface area contributed by atoms with Crippen LogP contribution in [0.4, 0.5) is 0 Å². The number of aryl methyl sites for hydroxylation is 3. The average molecular weight is 263 g/mol. The molecular formula is C16H25NO2. The van der Waals surface area contributed by atoms with Gasteiger partial charge in [-0.15, -0.1) is 0 Å². The Morgan fingerprint density at radius 1 is 1.21 bits per heavy atom. The Bertz CT molecular complexity index is 449. The van der Waals surface area contributed by atoms with E-state index in [1.54, 1.807) is 11.9 Å². The van der Waals surface area contributed by atoms with E-state index in [0.717, 1.165) is 6.42 Å². The summed E-state index contributed by atoms with van der Waals surface area (Å²) in [5.74, 6) is -0.241. The first kappa shape index (κ1) is 15.7. The lowest BCUT2D eigenvalue weighted by molar-refractivity contribution is -0.146. The fourth-order valence-corrected chi connectivity index (χ4v) is 2.45. The molecule has 3 heteroatoms. The van der Waals surface area contributed by atoms with E-state index in [2.05, 4.69) is 32.9 Å². The van der Waals surface area contributed by atoms with Gasteiger partial charge in [0, 0.05) is 13.6 Å². The molecule has 1 N–H and O–H groups in total. The minimum absolute atomic E-state index is 0.241. The Hall–Kier alpha value is -1.35. The molecule has 1 rings (SSSR count). The second-order valence-electron chi connectivity index (χ2n) is 5.91. The molecule has 1 aromatic carbocycles. The number of carbonyl (C=O) groups excluding carboxylic acids is 1. The molecule has 0 aromatic heterocycles. The van der Waals surface area contributed by atoms with E-state index in [1.165, 1.54) is 36.1 Å². The number of amides is 1. The van der Waals surface area contributed by atoms with E-state index in [1.807, 2.05) is 0 Å². The van der Waals surface area contributed by atoms with Crippen LogP contribution in [-0.2, 0) is 11.2 Å². The molecule has 0 heterocycles. The highest BCUT2D eigenvalue weighted by molar-refractivity contribution is 5.83. The molecular weight excluding hydrogens is 238 g/mol. The Morgan fingerprint density at radius 2 is 1.68 bits per heavy atom. The minimum atomic E-state index is -1.30. The molecule has 106 valence electrons. The Balaban J connectivity index is 2.76. The van der Waals surface area contributed by atoms with Gasteiger partial charge in [0.15, 0.2) is 0 Å². The molecule has 0 spiro atoms. The maximum atomic E-state index is 11.9. The fourth-order valence-electron chi connectivity index (χ4n) is 2.45. The van der Waals surface area contributed by atoms with Crippen molar-refractivity contribution in [2.75, 3.05) is 13.6 Å². The number of aliphatic hydroxyl groups is 1. The first-order valence-electron chi connectivity index (χ1n) is 6.67. The predicted molar refractivity (Wildman–Crippen MR) is 78.3 cm³/mol. The number of likely N-dealkylation sites (N-methyl/N-ethyl adjacent to an activating group) is 1. The summed E-state index contributed by atoms with van der Waals surface area (Å²) in [6, 6.07) is 4.33. The Kier molecular flexibility index (Phi) is 4.75. The normalized spacial score (nSPS) is 11.5. The molecule has 0 bridgehead atoms. The quantitative estimate of drug-likeness (QED) is 0.906. The molecule has 3 nitrogen and oxygen atoms in total. The first-order valence-corrected chi connectivity index (χ1v) is 6.67. The second-order valence-corrected chi connectivity index (χ2v) is 5.91. The van der Waals surface area contributed by atoms with Crippen molar-refractivity contribution < 1.29 is 9.90 Å². The van der Waals surface area contributed by atoms with Crippen LogP contribution in [0.5, 0.6) is 0 Å². The molecule has 19 heavy (non-hydrogen) atoms. The smallest absolute Gasteiger partial charge is 0.253 e. The summed E-state index contributed by atoms with van der Waals surface area (Å²) < 4.78 is 0. The number of rotatable bonds is 4. The third-order valence-corrected chi connectivity index (χ3v) is 3.41. The summed E-state index contributed by atoms with van der Waals surface area (Å²) in [5, 5.41) is 9.71. The Morgan fingerprint density at radius 3 is 2.11 bits per heavy atom. The van der Waals surface area contributed by atoms with Crippen LogP contribution in [0.2, 0.25) is 0 Å². The topological polar surface area (TPSA) is 40.5 Å². The molecule has 0 unspecified atom stereocenters. The van der Waals surface area contributed by atoms with Crippen LogP contribution in [-0.4, -0.2) is 35.1 Å². The van der Waals surface area contributed by atoms with Gasteiger partial charge in [0.1, 0.15) is 5.60 Å². The maximum Gasteiger partial charge on any atom is 0.253 e. The zero-order chi connectivity index (χ0) is 14.8. The molecule has 0 aliphatic carbocycles. The lowest BCUT2D eigenvalue weighted by atomic mass is 9.97. The van der Waals surface area contributed by atoms with Crippen LogP contribution >= 0.6 is 0 Å². The van der Waals surface area contributed by atoms with Crippen molar-refractivity contribution in [1.82, 2.24) is 4.90 Å². The van der Waals surface area contributed by atoms with Crippen LogP contribution in [0.25, 0.3) is 0 Å². The van der Waals surface area contributed by atoms with Crippen LogP contribution in [0.15, 0.2) is 12.1 Å². The highest BCUT2D eigenvalue weighted by Gasteiger charge is 2.27. The molecule has 1 amide bonds. The highest BCUT2D eigenvalue weighted by Crippen LogP contribution is 2.17. The van der Waals surface area contributed by atoms with Gasteiger partial charge in [-0.25, -0.2) is 0 Å². The zero-order valence-electron chi connectivity index (χ0n) is 12.9. The number of nitrogens with zero attached hydrogens (tertiary/aromatic N) is 1. The standard InChI is InChI=1S/C16H25NO2/c1-11-9-12(2)14(13(3)10-11)7-8-17(6)15(18)16(4,5)19/h9-10,19H,7-8H2,1-6H3. The maximum absolute atomic E-state index is 11.9. The summed E-state index contributed by atoms with van der Waals surface area (Å²) in [6.45, 7) is 9.96. The predicted octanol–water partition coefficient (Wildman–Crippen LogP) is 2.38. The van der Waals surface area contributed by atoms with Crippen molar-refractivity contribution in [3.8, 4) is 0 Å². The first-order chi connectivity index (χ1) is 8.62. The van der Waals surface area contributed by atoms with Crippen molar-refractivity contribution in [2.45, 2.75) is 46.6 Å². The van der Waals surface area contributed by atoms with Crippen LogP contribution in [0.1, 0.15) is 36.1 Å². The van der Waals surface area contributed by atoms with E-state index >= 15 is 0 Å². The third kappa shape index (κ3) is 4.06. The summed E-state index contributed by atoms with van der Waals surface area (Å²) in [4.78, 5) is 13.5. The van der Waals surface area contributed by atoms with E-state index in [4.69, 9.17) is 0 Å². The lowest BCUT2D eigenvalue weighted by Crippen LogP contribution is -2.43. The van der Waals surface area contributed by atoms with Gasteiger partial charge in [-0.05, 0) is 57.7 Å². The van der Waals surface area contributed by atoms with E-state index in [9.17, 15) is 9.90 Å². The van der Waals surface area contributed by atoms with Crippen molar-refractivity contribution in [3.05, 3.63) is 34.4 Å². The highest BCUT2D eigenvalue weighted by atomic mass is 16.3. The summed E-state index contributed by atoms with van der Waals surface area (Å²) in [6.07, 6.45) is 0.816. The van der Waals surface area contributed by atoms with Crippen molar-refractivity contribution in [3.63, 3.8) is 0 Å². The summed E-state index contributed by atoms with van der Waals surface area (Å²) >= 11 is 0. The van der Waals surface area contributed by atoms with Gasteiger partial charge in [0.25, 0.3) is 5.91 Å². The largest absolute Gasteiger partial charge is 0.381 e. The molecule has 0 fully saturated rings. The summed E-state index contributed by atoms with van der Waals surface area (Å²) in [7, 11) is 1.74. The van der Waals surface area contributed by atoms with Gasteiger partial charge in [-0.2, -0.15) is 0 Å². The summed E-state index contributed by atoms with van der Waals surface area (Å²) in [5.41, 5.74) is 3.79. The number of hydrogen-bond donors (Lipinski definition) is 1. The molecule has 1 aromatic rings. The van der Waals surface area contributed by atoms with Crippen molar-refractivity contribution >= 4 is 5.91 Å². The van der Waals surface area contributed by atoms with Gasteiger partial charge >= 0.3 is 0 Å². The number of hydrogen-bond acceptors (Lipinski definition) is 2. The Labute approximate surface area is 116 Å². The molecule has 0 saturated heterocycles. The SMILES string of the molecule is Cc1cc(C)c(CCN(C)C(=O)C(C)(C)O)c(C)c1. The molecule has 0 atom stereocenters. The van der Waals surface area contributed by atoms with Crippen LogP contribution < -0.4 is 0 Å². The number of benzene rings is 1. The van der Waals surface area contributed by atoms with E-state index in [-0.39, 0.29) is 5.91 Å². The third-order valence-electron chi connectivity index (χ3n) is 3.41. The molecule has 0 aliphatic rings.